The topological polar surface area (TPSA) is 24.9 Å². The largest absolute Gasteiger partial charge is 0.312 e. The van der Waals surface area contributed by atoms with Crippen molar-refractivity contribution in [2.75, 3.05) is 6.54 Å². The number of pyridine rings is 1. The van der Waals surface area contributed by atoms with E-state index in [1.165, 1.54) is 36.8 Å². The van der Waals surface area contributed by atoms with E-state index in [0.29, 0.717) is 5.38 Å². The van der Waals surface area contributed by atoms with Gasteiger partial charge in [0.25, 0.3) is 0 Å². The van der Waals surface area contributed by atoms with Crippen molar-refractivity contribution in [3.05, 3.63) is 29.6 Å². The molecule has 0 saturated heterocycles. The van der Waals surface area contributed by atoms with Crippen LogP contribution in [0.5, 0.6) is 0 Å². The number of hydrogen-bond acceptors (Lipinski definition) is 2. The maximum atomic E-state index is 6.10. The van der Waals surface area contributed by atoms with E-state index >= 15 is 0 Å². The second-order valence-corrected chi connectivity index (χ2v) is 5.74. The summed E-state index contributed by atoms with van der Waals surface area (Å²) in [5, 5.41) is 3.95. The first-order chi connectivity index (χ1) is 8.24. The van der Waals surface area contributed by atoms with E-state index in [2.05, 4.69) is 23.3 Å². The minimum absolute atomic E-state index is 0.423. The molecule has 2 rings (SSSR count). The molecule has 1 heterocycles. The number of halogens is 1. The van der Waals surface area contributed by atoms with Crippen LogP contribution < -0.4 is 5.32 Å². The lowest BCUT2D eigenvalue weighted by molar-refractivity contribution is 0.345. The summed E-state index contributed by atoms with van der Waals surface area (Å²) in [5.74, 6) is 0.808. The molecule has 0 radical (unpaired) electrons. The second-order valence-electron chi connectivity index (χ2n) is 5.12. The van der Waals surface area contributed by atoms with Crippen LogP contribution >= 0.6 is 11.6 Å². The summed E-state index contributed by atoms with van der Waals surface area (Å²) < 4.78 is 0. The van der Waals surface area contributed by atoms with Crippen molar-refractivity contribution < 1.29 is 0 Å². The van der Waals surface area contributed by atoms with E-state index in [4.69, 9.17) is 11.6 Å². The van der Waals surface area contributed by atoms with E-state index in [9.17, 15) is 0 Å². The molecule has 0 amide bonds. The first-order valence-electron chi connectivity index (χ1n) is 6.49. The van der Waals surface area contributed by atoms with Crippen LogP contribution in [0.15, 0.2) is 18.5 Å². The first kappa shape index (κ1) is 12.8. The quantitative estimate of drug-likeness (QED) is 0.832. The van der Waals surface area contributed by atoms with Gasteiger partial charge in [-0.3, -0.25) is 4.98 Å². The van der Waals surface area contributed by atoms with Gasteiger partial charge in [0, 0.05) is 24.3 Å². The van der Waals surface area contributed by atoms with E-state index in [1.54, 1.807) is 0 Å². The highest BCUT2D eigenvalue weighted by Crippen LogP contribution is 2.26. The Balaban J connectivity index is 1.69. The summed E-state index contributed by atoms with van der Waals surface area (Å²) in [7, 11) is 0. The zero-order valence-corrected chi connectivity index (χ0v) is 11.2. The fraction of sp³-hybridized carbons (Fsp3) is 0.643. The van der Waals surface area contributed by atoms with Gasteiger partial charge in [0.05, 0.1) is 0 Å². The van der Waals surface area contributed by atoms with Crippen LogP contribution in [0.1, 0.15) is 36.8 Å². The number of nitrogens with one attached hydrogen (secondary N) is 1. The lowest BCUT2D eigenvalue weighted by Crippen LogP contribution is -2.26. The molecule has 17 heavy (non-hydrogen) atoms. The van der Waals surface area contributed by atoms with Crippen molar-refractivity contribution in [2.24, 2.45) is 5.92 Å². The van der Waals surface area contributed by atoms with Crippen molar-refractivity contribution in [2.45, 2.75) is 44.5 Å². The molecule has 1 fully saturated rings. The summed E-state index contributed by atoms with van der Waals surface area (Å²) in [6, 6.07) is 2.19. The Labute approximate surface area is 109 Å². The number of alkyl halides is 1. The van der Waals surface area contributed by atoms with E-state index in [-0.39, 0.29) is 0 Å². The van der Waals surface area contributed by atoms with Crippen molar-refractivity contribution in [3.63, 3.8) is 0 Å². The number of nitrogens with zero attached hydrogens (tertiary/aromatic N) is 1. The molecular weight excluding hydrogens is 232 g/mol. The summed E-state index contributed by atoms with van der Waals surface area (Å²) in [4.78, 5) is 4.20. The molecule has 94 valence electrons. The molecule has 1 N–H and O–H groups in total. The normalized spacial score (nSPS) is 24.8. The molecule has 0 atom stereocenters. The maximum absolute atomic E-state index is 6.10. The van der Waals surface area contributed by atoms with Gasteiger partial charge in [-0.25, -0.2) is 0 Å². The van der Waals surface area contributed by atoms with Crippen LogP contribution in [-0.2, 0) is 6.54 Å². The minimum atomic E-state index is 0.423. The lowest BCUT2D eigenvalue weighted by Gasteiger charge is -2.25. The molecule has 2 nitrogen and oxygen atoms in total. The molecule has 1 aliphatic rings. The fourth-order valence-corrected chi connectivity index (χ4v) is 2.71. The molecule has 1 aliphatic carbocycles. The Morgan fingerprint density at radius 3 is 2.76 bits per heavy atom. The second kappa shape index (κ2) is 6.36. The van der Waals surface area contributed by atoms with Gasteiger partial charge in [0.1, 0.15) is 0 Å². The van der Waals surface area contributed by atoms with Gasteiger partial charge in [0.15, 0.2) is 0 Å². The molecule has 0 aliphatic heterocycles. The third-order valence-electron chi connectivity index (χ3n) is 3.47. The number of rotatable bonds is 4. The monoisotopic (exact) mass is 252 g/mol. The van der Waals surface area contributed by atoms with Gasteiger partial charge in [-0.05, 0) is 56.2 Å². The van der Waals surface area contributed by atoms with Crippen LogP contribution in [0.3, 0.4) is 0 Å². The van der Waals surface area contributed by atoms with E-state index in [0.717, 1.165) is 19.0 Å². The van der Waals surface area contributed by atoms with Crippen LogP contribution in [0.4, 0.5) is 0 Å². The predicted molar refractivity (Wildman–Crippen MR) is 72.3 cm³/mol. The first-order valence-corrected chi connectivity index (χ1v) is 6.93. The average molecular weight is 253 g/mol. The number of hydrogen-bond donors (Lipinski definition) is 1. The van der Waals surface area contributed by atoms with Gasteiger partial charge >= 0.3 is 0 Å². The predicted octanol–water partition coefficient (Wildman–Crippen LogP) is 3.28. The molecule has 0 spiro atoms. The molecule has 1 aromatic heterocycles. The van der Waals surface area contributed by atoms with Crippen LogP contribution in [0.25, 0.3) is 0 Å². The molecule has 1 saturated carbocycles. The van der Waals surface area contributed by atoms with Gasteiger partial charge < -0.3 is 5.32 Å². The Kier molecular flexibility index (Phi) is 4.81. The van der Waals surface area contributed by atoms with Crippen LogP contribution in [-0.4, -0.2) is 16.9 Å². The van der Waals surface area contributed by atoms with E-state index < -0.39 is 0 Å². The van der Waals surface area contributed by atoms with Crippen molar-refractivity contribution in [1.82, 2.24) is 10.3 Å². The third-order valence-corrected chi connectivity index (χ3v) is 3.91. The highest BCUT2D eigenvalue weighted by atomic mass is 35.5. The van der Waals surface area contributed by atoms with Gasteiger partial charge in [-0.15, -0.1) is 11.6 Å². The highest BCUT2D eigenvalue weighted by molar-refractivity contribution is 6.20. The number of aromatic nitrogens is 1. The standard InChI is InChI=1S/C14H21ClN2/c1-11-6-13(9-16-7-11)10-17-8-12-2-4-14(15)5-3-12/h6-7,9,12,14,17H,2-5,8,10H2,1H3. The third kappa shape index (κ3) is 4.29. The fourth-order valence-electron chi connectivity index (χ4n) is 2.46. The SMILES string of the molecule is Cc1cncc(CNCC2CCC(Cl)CC2)c1. The van der Waals surface area contributed by atoms with E-state index in [1.807, 2.05) is 12.4 Å². The minimum Gasteiger partial charge on any atom is -0.312 e. The summed E-state index contributed by atoms with van der Waals surface area (Å²) >= 11 is 6.10. The molecule has 3 heteroatoms. The van der Waals surface area contributed by atoms with Gasteiger partial charge in [-0.1, -0.05) is 6.07 Å². The molecular formula is C14H21ClN2. The maximum Gasteiger partial charge on any atom is 0.0336 e. The Morgan fingerprint density at radius 1 is 1.29 bits per heavy atom. The summed E-state index contributed by atoms with van der Waals surface area (Å²) in [6.07, 6.45) is 8.74. The van der Waals surface area contributed by atoms with Crippen molar-refractivity contribution in [3.8, 4) is 0 Å². The zero-order chi connectivity index (χ0) is 12.1. The Hall–Kier alpha value is -0.600. The molecule has 0 aromatic carbocycles. The Bertz CT molecular complexity index is 346. The van der Waals surface area contributed by atoms with Crippen LogP contribution in [0, 0.1) is 12.8 Å². The lowest BCUT2D eigenvalue weighted by atomic mass is 9.89. The number of aryl methyl sites for hydroxylation is 1. The molecule has 0 unspecified atom stereocenters. The molecule has 0 bridgehead atoms. The summed E-state index contributed by atoms with van der Waals surface area (Å²) in [6.45, 7) is 4.12. The zero-order valence-electron chi connectivity index (χ0n) is 10.5. The van der Waals surface area contributed by atoms with Crippen LogP contribution in [0.2, 0.25) is 0 Å². The Morgan fingerprint density at radius 2 is 2.06 bits per heavy atom. The highest BCUT2D eigenvalue weighted by Gasteiger charge is 2.18. The smallest absolute Gasteiger partial charge is 0.0336 e. The van der Waals surface area contributed by atoms with Gasteiger partial charge in [-0.2, -0.15) is 0 Å². The average Bonchev–Trinajstić information content (AvgIpc) is 2.32. The van der Waals surface area contributed by atoms with Gasteiger partial charge in [0.2, 0.25) is 0 Å². The van der Waals surface area contributed by atoms with Crippen molar-refractivity contribution >= 4 is 11.6 Å². The molecule has 1 aromatic rings. The van der Waals surface area contributed by atoms with Crippen molar-refractivity contribution in [1.29, 1.82) is 0 Å². The summed E-state index contributed by atoms with van der Waals surface area (Å²) in [5.41, 5.74) is 2.50.